The van der Waals surface area contributed by atoms with Crippen molar-refractivity contribution < 1.29 is 22.7 Å². The monoisotopic (exact) mass is 431 g/mol. The van der Waals surface area contributed by atoms with Crippen LogP contribution in [0.4, 0.5) is 16.2 Å². The average Bonchev–Trinajstić information content (AvgIpc) is 2.65. The number of rotatable bonds is 3. The molecule has 0 saturated heterocycles. The molecule has 2 amide bonds. The van der Waals surface area contributed by atoms with Gasteiger partial charge in [-0.2, -0.15) is 0 Å². The Morgan fingerprint density at radius 1 is 1.17 bits per heavy atom. The Hall–Kier alpha value is -2.94. The summed E-state index contributed by atoms with van der Waals surface area (Å²) in [4.78, 5) is 32.7. The van der Waals surface area contributed by atoms with Crippen LogP contribution in [0.25, 0.3) is 11.3 Å². The summed E-state index contributed by atoms with van der Waals surface area (Å²) in [6.45, 7) is 7.16. The fraction of sp³-hybridized carbons (Fsp3) is 0.381. The summed E-state index contributed by atoms with van der Waals surface area (Å²) < 4.78 is 28.8. The van der Waals surface area contributed by atoms with E-state index in [1.54, 1.807) is 43.1 Å². The normalized spacial score (nSPS) is 16.4. The largest absolute Gasteiger partial charge is 0.446 e. The summed E-state index contributed by atoms with van der Waals surface area (Å²) in [5.74, 6) is -0.146. The van der Waals surface area contributed by atoms with Crippen molar-refractivity contribution >= 4 is 33.2 Å². The highest BCUT2D eigenvalue weighted by molar-refractivity contribution is 7.90. The number of carbonyl (C=O) groups excluding carboxylic acids is 2. The van der Waals surface area contributed by atoms with Gasteiger partial charge in [-0.1, -0.05) is 12.1 Å². The summed E-state index contributed by atoms with van der Waals surface area (Å²) in [5.41, 5.74) is 2.29. The first kappa shape index (κ1) is 21.8. The molecule has 9 heteroatoms. The van der Waals surface area contributed by atoms with Crippen LogP contribution in [0.5, 0.6) is 0 Å². The minimum atomic E-state index is -3.30. The van der Waals surface area contributed by atoms with Gasteiger partial charge in [0.2, 0.25) is 5.91 Å². The third-order valence-corrected chi connectivity index (χ3v) is 5.90. The Labute approximate surface area is 176 Å². The van der Waals surface area contributed by atoms with Gasteiger partial charge in [0.15, 0.2) is 9.84 Å². The summed E-state index contributed by atoms with van der Waals surface area (Å²) >= 11 is 0. The van der Waals surface area contributed by atoms with E-state index in [-0.39, 0.29) is 29.5 Å². The number of anilines is 2. The van der Waals surface area contributed by atoms with E-state index in [4.69, 9.17) is 4.74 Å². The van der Waals surface area contributed by atoms with E-state index < -0.39 is 15.9 Å². The zero-order valence-electron chi connectivity index (χ0n) is 17.6. The second-order valence-electron chi connectivity index (χ2n) is 7.64. The van der Waals surface area contributed by atoms with Crippen molar-refractivity contribution in [1.29, 1.82) is 0 Å². The lowest BCUT2D eigenvalue weighted by atomic mass is 10.1. The molecule has 0 unspecified atom stereocenters. The van der Waals surface area contributed by atoms with Crippen LogP contribution in [-0.2, 0) is 19.4 Å². The third kappa shape index (κ3) is 4.30. The van der Waals surface area contributed by atoms with E-state index in [1.165, 1.54) is 24.0 Å². The van der Waals surface area contributed by atoms with E-state index in [9.17, 15) is 18.0 Å². The Kier molecular flexibility index (Phi) is 5.85. The SMILES string of the molecule is CC(=O)N1c2cnc(-c3ccc(S(C)(=O)=O)cc3)cc2N(C(=O)OC(C)C)C[C@@H]1C. The molecule has 8 nitrogen and oxygen atoms in total. The van der Waals surface area contributed by atoms with Gasteiger partial charge in [0.05, 0.1) is 40.3 Å². The number of fused-ring (bicyclic) bond motifs is 1. The van der Waals surface area contributed by atoms with Crippen molar-refractivity contribution in [1.82, 2.24) is 4.98 Å². The topological polar surface area (TPSA) is 96.9 Å². The molecule has 1 aliphatic heterocycles. The van der Waals surface area contributed by atoms with Gasteiger partial charge in [0.25, 0.3) is 0 Å². The maximum atomic E-state index is 12.7. The van der Waals surface area contributed by atoms with Gasteiger partial charge >= 0.3 is 6.09 Å². The first-order valence-electron chi connectivity index (χ1n) is 9.57. The van der Waals surface area contributed by atoms with Crippen LogP contribution < -0.4 is 9.80 Å². The van der Waals surface area contributed by atoms with Gasteiger partial charge in [0, 0.05) is 25.3 Å². The second-order valence-corrected chi connectivity index (χ2v) is 9.65. The van der Waals surface area contributed by atoms with Crippen LogP contribution in [0.2, 0.25) is 0 Å². The van der Waals surface area contributed by atoms with Gasteiger partial charge in [-0.15, -0.1) is 0 Å². The predicted octanol–water partition coefficient (Wildman–Crippen LogP) is 3.26. The number of hydrogen-bond acceptors (Lipinski definition) is 6. The molecule has 0 N–H and O–H groups in total. The molecular formula is C21H25N3O5S. The van der Waals surface area contributed by atoms with E-state index >= 15 is 0 Å². The fourth-order valence-electron chi connectivity index (χ4n) is 3.47. The molecule has 160 valence electrons. The average molecular weight is 432 g/mol. The molecule has 30 heavy (non-hydrogen) atoms. The highest BCUT2D eigenvalue weighted by atomic mass is 32.2. The lowest BCUT2D eigenvalue weighted by Crippen LogP contribution is -2.51. The van der Waals surface area contributed by atoms with Crippen molar-refractivity contribution in [3.05, 3.63) is 36.5 Å². The van der Waals surface area contributed by atoms with Crippen LogP contribution in [-0.4, -0.2) is 50.3 Å². The molecule has 1 atom stereocenters. The second kappa shape index (κ2) is 8.06. The van der Waals surface area contributed by atoms with Crippen molar-refractivity contribution in [3.8, 4) is 11.3 Å². The number of nitrogens with zero attached hydrogens (tertiary/aromatic N) is 3. The molecule has 3 rings (SSSR count). The molecule has 2 heterocycles. The highest BCUT2D eigenvalue weighted by Gasteiger charge is 2.35. The number of sulfone groups is 1. The zero-order chi connectivity index (χ0) is 22.2. The predicted molar refractivity (Wildman–Crippen MR) is 114 cm³/mol. The lowest BCUT2D eigenvalue weighted by Gasteiger charge is -2.40. The fourth-order valence-corrected chi connectivity index (χ4v) is 4.10. The van der Waals surface area contributed by atoms with Crippen molar-refractivity contribution in [2.45, 2.75) is 44.7 Å². The number of amides is 2. The molecular weight excluding hydrogens is 406 g/mol. The smallest absolute Gasteiger partial charge is 0.414 e. The molecule has 1 aromatic heterocycles. The first-order valence-corrected chi connectivity index (χ1v) is 11.5. The molecule has 1 aliphatic rings. The number of ether oxygens (including phenoxy) is 1. The van der Waals surface area contributed by atoms with Crippen LogP contribution in [0.3, 0.4) is 0 Å². The minimum Gasteiger partial charge on any atom is -0.446 e. The number of benzene rings is 1. The maximum absolute atomic E-state index is 12.7. The minimum absolute atomic E-state index is 0.146. The van der Waals surface area contributed by atoms with Gasteiger partial charge in [0.1, 0.15) is 0 Å². The van der Waals surface area contributed by atoms with Crippen molar-refractivity contribution in [3.63, 3.8) is 0 Å². The van der Waals surface area contributed by atoms with Crippen LogP contribution in [0.15, 0.2) is 41.4 Å². The third-order valence-electron chi connectivity index (χ3n) is 4.77. The number of carbonyl (C=O) groups is 2. The molecule has 0 bridgehead atoms. The molecule has 0 spiro atoms. The number of hydrogen-bond donors (Lipinski definition) is 0. The molecule has 0 saturated carbocycles. The summed E-state index contributed by atoms with van der Waals surface area (Å²) in [6, 6.07) is 7.83. The van der Waals surface area contributed by atoms with Gasteiger partial charge in [-0.05, 0) is 39.0 Å². The summed E-state index contributed by atoms with van der Waals surface area (Å²) in [6.07, 6.45) is 1.93. The first-order chi connectivity index (χ1) is 14.0. The van der Waals surface area contributed by atoms with E-state index in [1.807, 2.05) is 6.92 Å². The Morgan fingerprint density at radius 3 is 2.33 bits per heavy atom. The van der Waals surface area contributed by atoms with Gasteiger partial charge < -0.3 is 9.64 Å². The molecule has 1 aromatic carbocycles. The van der Waals surface area contributed by atoms with Gasteiger partial charge in [-0.3, -0.25) is 14.7 Å². The quantitative estimate of drug-likeness (QED) is 0.740. The zero-order valence-corrected chi connectivity index (χ0v) is 18.4. The van der Waals surface area contributed by atoms with Crippen molar-refractivity contribution in [2.24, 2.45) is 0 Å². The van der Waals surface area contributed by atoms with E-state index in [0.717, 1.165) is 6.26 Å². The molecule has 0 fully saturated rings. The van der Waals surface area contributed by atoms with E-state index in [0.29, 0.717) is 22.6 Å². The molecule has 2 aromatic rings. The highest BCUT2D eigenvalue weighted by Crippen LogP contribution is 2.38. The summed E-state index contributed by atoms with van der Waals surface area (Å²) in [7, 11) is -3.30. The van der Waals surface area contributed by atoms with Crippen molar-refractivity contribution in [2.75, 3.05) is 22.6 Å². The standard InChI is InChI=1S/C21H25N3O5S/c1-13(2)29-21(26)23-12-14(3)24(15(4)25)20-11-22-18(10-19(20)23)16-6-8-17(9-7-16)30(5,27)28/h6-11,13-14H,12H2,1-5H3/t14-/m0/s1. The van der Waals surface area contributed by atoms with Gasteiger partial charge in [-0.25, -0.2) is 13.2 Å². The van der Waals surface area contributed by atoms with Crippen LogP contribution >= 0.6 is 0 Å². The maximum Gasteiger partial charge on any atom is 0.414 e. The number of pyridine rings is 1. The molecule has 0 radical (unpaired) electrons. The number of aromatic nitrogens is 1. The summed E-state index contributed by atoms with van der Waals surface area (Å²) in [5, 5.41) is 0. The van der Waals surface area contributed by atoms with Crippen LogP contribution in [0.1, 0.15) is 27.7 Å². The van der Waals surface area contributed by atoms with E-state index in [2.05, 4.69) is 4.98 Å². The Morgan fingerprint density at radius 2 is 1.80 bits per heavy atom. The lowest BCUT2D eigenvalue weighted by molar-refractivity contribution is -0.117. The molecule has 0 aliphatic carbocycles. The Balaban J connectivity index is 2.08. The Bertz CT molecular complexity index is 1080. The van der Waals surface area contributed by atoms with Crippen LogP contribution in [0, 0.1) is 0 Å².